The highest BCUT2D eigenvalue weighted by atomic mass is 16.5. The summed E-state index contributed by atoms with van der Waals surface area (Å²) in [5, 5.41) is 15.7. The number of fused-ring (bicyclic) bond motifs is 1. The van der Waals surface area contributed by atoms with Gasteiger partial charge in [0.1, 0.15) is 5.75 Å². The average molecular weight is 259 g/mol. The van der Waals surface area contributed by atoms with E-state index in [1.165, 1.54) is 0 Å². The first-order valence-corrected chi connectivity index (χ1v) is 6.60. The monoisotopic (exact) mass is 259 g/mol. The number of rotatable bonds is 5. The summed E-state index contributed by atoms with van der Waals surface area (Å²) in [5.41, 5.74) is 0.935. The molecule has 19 heavy (non-hydrogen) atoms. The Morgan fingerprint density at radius 3 is 2.42 bits per heavy atom. The summed E-state index contributed by atoms with van der Waals surface area (Å²) in [4.78, 5) is 0. The van der Waals surface area contributed by atoms with E-state index < -0.39 is 6.10 Å². The molecule has 0 bridgehead atoms. The lowest BCUT2D eigenvalue weighted by atomic mass is 9.99. The first-order chi connectivity index (χ1) is 9.13. The van der Waals surface area contributed by atoms with Crippen LogP contribution in [0, 0.1) is 0 Å². The van der Waals surface area contributed by atoms with E-state index in [0.29, 0.717) is 12.6 Å². The molecule has 3 nitrogen and oxygen atoms in total. The lowest BCUT2D eigenvalue weighted by molar-refractivity contribution is 0.173. The fourth-order valence-corrected chi connectivity index (χ4v) is 2.22. The minimum absolute atomic E-state index is 0.360. The smallest absolute Gasteiger partial charge is 0.126 e. The SMILES string of the molecule is COc1ccc([C@@H](O)CNC(C)C)c2ccccc12. The maximum atomic E-state index is 10.3. The number of aliphatic hydroxyl groups excluding tert-OH is 1. The third-order valence-corrected chi connectivity index (χ3v) is 3.22. The molecule has 0 heterocycles. The van der Waals surface area contributed by atoms with Crippen LogP contribution in [0.4, 0.5) is 0 Å². The van der Waals surface area contributed by atoms with Crippen molar-refractivity contribution in [1.29, 1.82) is 0 Å². The van der Waals surface area contributed by atoms with Crippen molar-refractivity contribution in [1.82, 2.24) is 5.32 Å². The molecule has 0 fully saturated rings. The largest absolute Gasteiger partial charge is 0.496 e. The summed E-state index contributed by atoms with van der Waals surface area (Å²) in [7, 11) is 1.66. The van der Waals surface area contributed by atoms with Gasteiger partial charge in [0.15, 0.2) is 0 Å². The van der Waals surface area contributed by atoms with Gasteiger partial charge in [-0.1, -0.05) is 44.2 Å². The zero-order chi connectivity index (χ0) is 13.8. The van der Waals surface area contributed by atoms with Crippen molar-refractivity contribution in [3.63, 3.8) is 0 Å². The van der Waals surface area contributed by atoms with Crippen LogP contribution in [-0.2, 0) is 0 Å². The molecule has 3 heteroatoms. The standard InChI is InChI=1S/C16H21NO2/c1-11(2)17-10-15(18)13-8-9-16(19-3)14-7-5-4-6-12(13)14/h4-9,11,15,17-18H,10H2,1-3H3/t15-/m0/s1. The minimum Gasteiger partial charge on any atom is -0.496 e. The number of hydrogen-bond acceptors (Lipinski definition) is 3. The molecule has 102 valence electrons. The van der Waals surface area contributed by atoms with Crippen molar-refractivity contribution in [3.05, 3.63) is 42.0 Å². The third-order valence-electron chi connectivity index (χ3n) is 3.22. The molecule has 0 radical (unpaired) electrons. The van der Waals surface area contributed by atoms with Gasteiger partial charge in [-0.15, -0.1) is 0 Å². The molecule has 0 amide bonds. The van der Waals surface area contributed by atoms with E-state index in [0.717, 1.165) is 22.1 Å². The van der Waals surface area contributed by atoms with Gasteiger partial charge in [-0.2, -0.15) is 0 Å². The van der Waals surface area contributed by atoms with Gasteiger partial charge < -0.3 is 15.2 Å². The summed E-state index contributed by atoms with van der Waals surface area (Å²) in [6.07, 6.45) is -0.516. The van der Waals surface area contributed by atoms with Crippen LogP contribution >= 0.6 is 0 Å². The summed E-state index contributed by atoms with van der Waals surface area (Å²) in [5.74, 6) is 0.836. The average Bonchev–Trinajstić information content (AvgIpc) is 2.43. The number of aliphatic hydroxyl groups is 1. The Morgan fingerprint density at radius 2 is 1.79 bits per heavy atom. The highest BCUT2D eigenvalue weighted by Gasteiger charge is 2.13. The molecule has 0 saturated carbocycles. The highest BCUT2D eigenvalue weighted by Crippen LogP contribution is 2.31. The minimum atomic E-state index is -0.516. The van der Waals surface area contributed by atoms with E-state index in [1.54, 1.807) is 7.11 Å². The molecule has 0 aliphatic rings. The zero-order valence-corrected chi connectivity index (χ0v) is 11.7. The van der Waals surface area contributed by atoms with Crippen LogP contribution in [0.1, 0.15) is 25.5 Å². The zero-order valence-electron chi connectivity index (χ0n) is 11.7. The molecule has 0 aliphatic carbocycles. The van der Waals surface area contributed by atoms with Crippen LogP contribution in [0.5, 0.6) is 5.75 Å². The molecule has 0 aliphatic heterocycles. The van der Waals surface area contributed by atoms with Crippen LogP contribution in [-0.4, -0.2) is 24.8 Å². The normalized spacial score (nSPS) is 12.9. The molecule has 1 atom stereocenters. The van der Waals surface area contributed by atoms with Crippen LogP contribution < -0.4 is 10.1 Å². The Bertz CT molecular complexity index is 551. The second-order valence-corrected chi connectivity index (χ2v) is 4.98. The van der Waals surface area contributed by atoms with E-state index in [1.807, 2.05) is 36.4 Å². The van der Waals surface area contributed by atoms with Crippen LogP contribution in [0.2, 0.25) is 0 Å². The third kappa shape index (κ3) is 3.06. The Kier molecular flexibility index (Phi) is 4.40. The molecule has 2 rings (SSSR count). The fraction of sp³-hybridized carbons (Fsp3) is 0.375. The summed E-state index contributed by atoms with van der Waals surface area (Å²) in [6, 6.07) is 12.2. The number of nitrogens with one attached hydrogen (secondary N) is 1. The molecule has 0 spiro atoms. The van der Waals surface area contributed by atoms with Gasteiger partial charge in [0.25, 0.3) is 0 Å². The topological polar surface area (TPSA) is 41.5 Å². The van der Waals surface area contributed by atoms with E-state index in [9.17, 15) is 5.11 Å². The Hall–Kier alpha value is -1.58. The number of ether oxygens (including phenoxy) is 1. The van der Waals surface area contributed by atoms with Gasteiger partial charge in [0, 0.05) is 18.0 Å². The Morgan fingerprint density at radius 1 is 1.11 bits per heavy atom. The van der Waals surface area contributed by atoms with Gasteiger partial charge in [0.2, 0.25) is 0 Å². The predicted octanol–water partition coefficient (Wildman–Crippen LogP) is 2.88. The van der Waals surface area contributed by atoms with E-state index in [4.69, 9.17) is 4.74 Å². The fourth-order valence-electron chi connectivity index (χ4n) is 2.22. The summed E-state index contributed by atoms with van der Waals surface area (Å²) in [6.45, 7) is 4.69. The number of methoxy groups -OCH3 is 1. The predicted molar refractivity (Wildman–Crippen MR) is 78.6 cm³/mol. The van der Waals surface area contributed by atoms with Gasteiger partial charge in [-0.05, 0) is 17.0 Å². The van der Waals surface area contributed by atoms with Gasteiger partial charge in [-0.25, -0.2) is 0 Å². The summed E-state index contributed by atoms with van der Waals surface area (Å²) >= 11 is 0. The molecular weight excluding hydrogens is 238 g/mol. The Balaban J connectivity index is 2.38. The molecule has 2 aromatic carbocycles. The quantitative estimate of drug-likeness (QED) is 0.867. The number of hydrogen-bond donors (Lipinski definition) is 2. The lowest BCUT2D eigenvalue weighted by Gasteiger charge is -2.17. The van der Waals surface area contributed by atoms with E-state index >= 15 is 0 Å². The maximum Gasteiger partial charge on any atom is 0.126 e. The molecular formula is C16H21NO2. The highest BCUT2D eigenvalue weighted by molar-refractivity contribution is 5.91. The van der Waals surface area contributed by atoms with Crippen molar-refractivity contribution < 1.29 is 9.84 Å². The van der Waals surface area contributed by atoms with Crippen LogP contribution in [0.25, 0.3) is 10.8 Å². The molecule has 0 unspecified atom stereocenters. The van der Waals surface area contributed by atoms with E-state index in [-0.39, 0.29) is 0 Å². The van der Waals surface area contributed by atoms with Gasteiger partial charge >= 0.3 is 0 Å². The number of benzene rings is 2. The molecule has 2 aromatic rings. The van der Waals surface area contributed by atoms with Crippen LogP contribution in [0.3, 0.4) is 0 Å². The van der Waals surface area contributed by atoms with Gasteiger partial charge in [0.05, 0.1) is 13.2 Å². The second-order valence-electron chi connectivity index (χ2n) is 4.98. The van der Waals surface area contributed by atoms with Crippen molar-refractivity contribution in [2.45, 2.75) is 26.0 Å². The second kappa shape index (κ2) is 6.04. The molecule has 0 aromatic heterocycles. The summed E-state index contributed by atoms with van der Waals surface area (Å²) < 4.78 is 5.36. The van der Waals surface area contributed by atoms with Crippen molar-refractivity contribution in [2.75, 3.05) is 13.7 Å². The first kappa shape index (κ1) is 13.8. The first-order valence-electron chi connectivity index (χ1n) is 6.60. The van der Waals surface area contributed by atoms with E-state index in [2.05, 4.69) is 19.2 Å². The molecule has 0 saturated heterocycles. The van der Waals surface area contributed by atoms with Crippen molar-refractivity contribution in [2.24, 2.45) is 0 Å². The Labute approximate surface area is 114 Å². The van der Waals surface area contributed by atoms with Crippen molar-refractivity contribution >= 4 is 10.8 Å². The molecule has 2 N–H and O–H groups in total. The van der Waals surface area contributed by atoms with Crippen molar-refractivity contribution in [3.8, 4) is 5.75 Å². The van der Waals surface area contributed by atoms with Gasteiger partial charge in [-0.3, -0.25) is 0 Å². The lowest BCUT2D eigenvalue weighted by Crippen LogP contribution is -2.28. The maximum absolute atomic E-state index is 10.3. The van der Waals surface area contributed by atoms with Crippen LogP contribution in [0.15, 0.2) is 36.4 Å².